The second-order valence-corrected chi connectivity index (χ2v) is 6.64. The van der Waals surface area contributed by atoms with E-state index in [-0.39, 0.29) is 24.0 Å². The molecule has 0 unspecified atom stereocenters. The van der Waals surface area contributed by atoms with E-state index in [4.69, 9.17) is 0 Å². The van der Waals surface area contributed by atoms with Gasteiger partial charge in [-0.1, -0.05) is 36.4 Å². The lowest BCUT2D eigenvalue weighted by atomic mass is 10.1. The van der Waals surface area contributed by atoms with Gasteiger partial charge in [0.2, 0.25) is 0 Å². The van der Waals surface area contributed by atoms with Crippen molar-refractivity contribution < 1.29 is 0 Å². The number of thiazole rings is 1. The second-order valence-electron chi connectivity index (χ2n) is 5.33. The number of guanidine groups is 1. The number of nitrogens with zero attached hydrogens (tertiary/aromatic N) is 2. The molecule has 0 saturated heterocycles. The second kappa shape index (κ2) is 8.98. The predicted molar refractivity (Wildman–Crippen MR) is 113 cm³/mol. The number of halogens is 1. The van der Waals surface area contributed by atoms with Gasteiger partial charge in [-0.3, -0.25) is 4.99 Å². The summed E-state index contributed by atoms with van der Waals surface area (Å²) in [6.45, 7) is 3.49. The standard InChI is InChI=1S/C18H20N4S.HI/c1-13-10-20-17(23-13)12-22-18(19-2)21-11-14-7-8-15-5-3-4-6-16(15)9-14;/h3-10H,11-12H2,1-2H3,(H2,19,21,22);1H. The topological polar surface area (TPSA) is 49.3 Å². The number of aliphatic imine (C=N–C) groups is 1. The maximum absolute atomic E-state index is 4.35. The molecule has 4 nitrogen and oxygen atoms in total. The van der Waals surface area contributed by atoms with Crippen LogP contribution in [0.5, 0.6) is 0 Å². The first-order valence-corrected chi connectivity index (χ1v) is 8.40. The Balaban J connectivity index is 0.00000208. The number of rotatable bonds is 4. The van der Waals surface area contributed by atoms with Crippen LogP contribution in [-0.4, -0.2) is 18.0 Å². The maximum atomic E-state index is 4.35. The summed E-state index contributed by atoms with van der Waals surface area (Å²) in [4.78, 5) is 9.83. The molecule has 126 valence electrons. The first-order valence-electron chi connectivity index (χ1n) is 7.58. The molecule has 0 atom stereocenters. The van der Waals surface area contributed by atoms with Crippen LogP contribution in [0.1, 0.15) is 15.4 Å². The van der Waals surface area contributed by atoms with Gasteiger partial charge in [-0.15, -0.1) is 35.3 Å². The minimum absolute atomic E-state index is 0. The van der Waals surface area contributed by atoms with Crippen molar-refractivity contribution in [2.75, 3.05) is 7.05 Å². The number of aromatic nitrogens is 1. The molecule has 24 heavy (non-hydrogen) atoms. The summed E-state index contributed by atoms with van der Waals surface area (Å²) in [7, 11) is 1.78. The van der Waals surface area contributed by atoms with Crippen LogP contribution >= 0.6 is 35.3 Å². The van der Waals surface area contributed by atoms with Crippen LogP contribution in [0.15, 0.2) is 53.7 Å². The molecule has 1 heterocycles. The van der Waals surface area contributed by atoms with Crippen molar-refractivity contribution in [2.24, 2.45) is 4.99 Å². The Kier molecular flexibility index (Phi) is 6.99. The van der Waals surface area contributed by atoms with Crippen LogP contribution in [0.2, 0.25) is 0 Å². The van der Waals surface area contributed by atoms with Crippen LogP contribution < -0.4 is 10.6 Å². The average Bonchev–Trinajstić information content (AvgIpc) is 3.00. The average molecular weight is 452 g/mol. The van der Waals surface area contributed by atoms with Crippen molar-refractivity contribution in [3.63, 3.8) is 0 Å². The number of benzene rings is 2. The minimum atomic E-state index is 0. The van der Waals surface area contributed by atoms with Gasteiger partial charge in [0.15, 0.2) is 5.96 Å². The number of aryl methyl sites for hydroxylation is 1. The van der Waals surface area contributed by atoms with E-state index in [1.807, 2.05) is 6.20 Å². The molecule has 0 fully saturated rings. The summed E-state index contributed by atoms with van der Waals surface area (Å²) in [5.74, 6) is 0.783. The van der Waals surface area contributed by atoms with Gasteiger partial charge in [-0.25, -0.2) is 4.98 Å². The largest absolute Gasteiger partial charge is 0.352 e. The van der Waals surface area contributed by atoms with E-state index in [1.54, 1.807) is 18.4 Å². The molecular formula is C18H21IN4S. The van der Waals surface area contributed by atoms with Gasteiger partial charge < -0.3 is 10.6 Å². The molecule has 0 aliphatic heterocycles. The van der Waals surface area contributed by atoms with Crippen LogP contribution in [0.25, 0.3) is 10.8 Å². The fourth-order valence-electron chi connectivity index (χ4n) is 2.40. The fourth-order valence-corrected chi connectivity index (χ4v) is 3.12. The highest BCUT2D eigenvalue weighted by Gasteiger charge is 2.02. The molecule has 0 aliphatic rings. The zero-order valence-electron chi connectivity index (χ0n) is 13.7. The first-order chi connectivity index (χ1) is 11.2. The first kappa shape index (κ1) is 18.7. The maximum Gasteiger partial charge on any atom is 0.191 e. The number of hydrogen-bond acceptors (Lipinski definition) is 3. The van der Waals surface area contributed by atoms with Gasteiger partial charge >= 0.3 is 0 Å². The van der Waals surface area contributed by atoms with Crippen LogP contribution in [-0.2, 0) is 13.1 Å². The highest BCUT2D eigenvalue weighted by molar-refractivity contribution is 14.0. The molecule has 0 saturated carbocycles. The Labute approximate surface area is 163 Å². The van der Waals surface area contributed by atoms with Crippen molar-refractivity contribution in [1.82, 2.24) is 15.6 Å². The Hall–Kier alpha value is -1.67. The van der Waals surface area contributed by atoms with E-state index in [9.17, 15) is 0 Å². The molecule has 3 aromatic rings. The SMILES string of the molecule is CN=C(NCc1ccc2ccccc2c1)NCc1ncc(C)s1.I. The third kappa shape index (κ3) is 4.91. The van der Waals surface area contributed by atoms with E-state index in [0.29, 0.717) is 6.54 Å². The summed E-state index contributed by atoms with van der Waals surface area (Å²) in [5, 5.41) is 10.2. The van der Waals surface area contributed by atoms with Gasteiger partial charge in [0, 0.05) is 24.7 Å². The van der Waals surface area contributed by atoms with Crippen molar-refractivity contribution in [3.8, 4) is 0 Å². The van der Waals surface area contributed by atoms with Gasteiger partial charge in [-0.05, 0) is 29.3 Å². The lowest BCUT2D eigenvalue weighted by molar-refractivity contribution is 0.805. The summed E-state index contributed by atoms with van der Waals surface area (Å²) in [5.41, 5.74) is 1.23. The zero-order chi connectivity index (χ0) is 16.1. The van der Waals surface area contributed by atoms with Crippen molar-refractivity contribution in [1.29, 1.82) is 0 Å². The molecule has 3 rings (SSSR count). The smallest absolute Gasteiger partial charge is 0.191 e. The fraction of sp³-hybridized carbons (Fsp3) is 0.222. The van der Waals surface area contributed by atoms with Crippen molar-refractivity contribution in [3.05, 3.63) is 64.1 Å². The molecule has 0 aliphatic carbocycles. The van der Waals surface area contributed by atoms with Crippen LogP contribution in [0.4, 0.5) is 0 Å². The quantitative estimate of drug-likeness (QED) is 0.356. The Bertz CT molecular complexity index is 829. The van der Waals surface area contributed by atoms with Crippen LogP contribution in [0, 0.1) is 6.92 Å². The normalized spacial score (nSPS) is 11.2. The summed E-state index contributed by atoms with van der Waals surface area (Å²) in [6.07, 6.45) is 1.90. The van der Waals surface area contributed by atoms with E-state index in [2.05, 4.69) is 70.0 Å². The number of nitrogens with one attached hydrogen (secondary N) is 2. The summed E-state index contributed by atoms with van der Waals surface area (Å²) in [6, 6.07) is 14.9. The van der Waals surface area contributed by atoms with Gasteiger partial charge in [0.25, 0.3) is 0 Å². The lowest BCUT2D eigenvalue weighted by Gasteiger charge is -2.11. The van der Waals surface area contributed by atoms with Gasteiger partial charge in [0.05, 0.1) is 6.54 Å². The van der Waals surface area contributed by atoms with Gasteiger partial charge in [0.1, 0.15) is 5.01 Å². The highest BCUT2D eigenvalue weighted by Crippen LogP contribution is 2.15. The monoisotopic (exact) mass is 452 g/mol. The zero-order valence-corrected chi connectivity index (χ0v) is 16.9. The van der Waals surface area contributed by atoms with Gasteiger partial charge in [-0.2, -0.15) is 0 Å². The Morgan fingerprint density at radius 2 is 1.83 bits per heavy atom. The minimum Gasteiger partial charge on any atom is -0.352 e. The van der Waals surface area contributed by atoms with E-state index >= 15 is 0 Å². The highest BCUT2D eigenvalue weighted by atomic mass is 127. The van der Waals surface area contributed by atoms with Crippen LogP contribution in [0.3, 0.4) is 0 Å². The molecule has 6 heteroatoms. The molecule has 0 amide bonds. The summed E-state index contributed by atoms with van der Waals surface area (Å²) >= 11 is 1.70. The third-order valence-corrected chi connectivity index (χ3v) is 4.49. The molecule has 2 aromatic carbocycles. The number of fused-ring (bicyclic) bond motifs is 1. The Morgan fingerprint density at radius 3 is 2.54 bits per heavy atom. The Morgan fingerprint density at radius 1 is 1.08 bits per heavy atom. The number of hydrogen-bond donors (Lipinski definition) is 2. The van der Waals surface area contributed by atoms with E-state index < -0.39 is 0 Å². The molecule has 0 bridgehead atoms. The molecular weight excluding hydrogens is 431 g/mol. The molecule has 2 N–H and O–H groups in total. The molecule has 0 radical (unpaired) electrons. The van der Waals surface area contributed by atoms with E-state index in [1.165, 1.54) is 21.2 Å². The van der Waals surface area contributed by atoms with Crippen molar-refractivity contribution in [2.45, 2.75) is 20.0 Å². The van der Waals surface area contributed by atoms with Crippen molar-refractivity contribution >= 4 is 52.0 Å². The van der Waals surface area contributed by atoms with E-state index in [0.717, 1.165) is 17.5 Å². The predicted octanol–water partition coefficient (Wildman–Crippen LogP) is 4.09. The summed E-state index contributed by atoms with van der Waals surface area (Å²) < 4.78 is 0. The molecule has 1 aromatic heterocycles. The molecule has 0 spiro atoms. The third-order valence-electron chi connectivity index (χ3n) is 3.57. The lowest BCUT2D eigenvalue weighted by Crippen LogP contribution is -2.36.